The highest BCUT2D eigenvalue weighted by Crippen LogP contribution is 2.44. The summed E-state index contributed by atoms with van der Waals surface area (Å²) in [6, 6.07) is 17.4. The summed E-state index contributed by atoms with van der Waals surface area (Å²) in [4.78, 5) is 35.2. The van der Waals surface area contributed by atoms with Crippen molar-refractivity contribution in [2.24, 2.45) is 0 Å². The van der Waals surface area contributed by atoms with Crippen LogP contribution in [0.5, 0.6) is 0 Å². The van der Waals surface area contributed by atoms with Gasteiger partial charge in [0, 0.05) is 5.92 Å². The monoisotopic (exact) mass is 450 g/mol. The Morgan fingerprint density at radius 2 is 1.61 bits per heavy atom. The highest BCUT2D eigenvalue weighted by Gasteiger charge is 2.29. The number of aliphatic hydroxyl groups excluding tert-OH is 1. The van der Waals surface area contributed by atoms with E-state index in [1.165, 1.54) is 12.1 Å². The van der Waals surface area contributed by atoms with Crippen molar-refractivity contribution in [1.82, 2.24) is 10.6 Å². The molecular weight excluding hydrogens is 428 g/mol. The fourth-order valence-corrected chi connectivity index (χ4v) is 3.82. The Kier molecular flexibility index (Phi) is 6.41. The van der Waals surface area contributed by atoms with Crippen LogP contribution in [-0.4, -0.2) is 47.4 Å². The number of carboxylic acid groups (broad SMARTS) is 1. The largest absolute Gasteiger partial charge is 0.480 e. The van der Waals surface area contributed by atoms with Gasteiger partial charge in [0.1, 0.15) is 12.4 Å². The SMILES string of the molecule is O=C(NCc1ccc(C(=O)N[C@H](CO)C(=O)O)o1)OCC1c2ccccc2-c2ccccc21. The fraction of sp³-hybridized carbons (Fsp3) is 0.208. The third kappa shape index (κ3) is 4.73. The van der Waals surface area contributed by atoms with Gasteiger partial charge in [0.05, 0.1) is 13.2 Å². The molecule has 2 amide bonds. The fourth-order valence-electron chi connectivity index (χ4n) is 3.82. The number of carbonyl (C=O) groups excluding carboxylic acids is 2. The number of benzene rings is 2. The van der Waals surface area contributed by atoms with Gasteiger partial charge in [0.25, 0.3) is 5.91 Å². The molecule has 0 spiro atoms. The van der Waals surface area contributed by atoms with Crippen LogP contribution in [0.25, 0.3) is 11.1 Å². The van der Waals surface area contributed by atoms with Gasteiger partial charge in [-0.25, -0.2) is 9.59 Å². The van der Waals surface area contributed by atoms with Crippen LogP contribution in [0.4, 0.5) is 4.79 Å². The van der Waals surface area contributed by atoms with Crippen LogP contribution in [0.15, 0.2) is 65.1 Å². The second kappa shape index (κ2) is 9.58. The molecule has 3 aromatic rings. The molecule has 9 nitrogen and oxygen atoms in total. The number of hydrogen-bond donors (Lipinski definition) is 4. The minimum Gasteiger partial charge on any atom is -0.480 e. The third-order valence-electron chi connectivity index (χ3n) is 5.42. The molecule has 0 aliphatic heterocycles. The van der Waals surface area contributed by atoms with E-state index in [1.807, 2.05) is 36.4 Å². The van der Waals surface area contributed by atoms with Crippen molar-refractivity contribution >= 4 is 18.0 Å². The molecule has 1 aliphatic carbocycles. The molecule has 2 aromatic carbocycles. The molecule has 170 valence electrons. The summed E-state index contributed by atoms with van der Waals surface area (Å²) in [5, 5.41) is 22.6. The van der Waals surface area contributed by atoms with Gasteiger partial charge in [0.2, 0.25) is 0 Å². The highest BCUT2D eigenvalue weighted by atomic mass is 16.5. The predicted molar refractivity (Wildman–Crippen MR) is 117 cm³/mol. The summed E-state index contributed by atoms with van der Waals surface area (Å²) in [6.45, 7) is -0.603. The number of rotatable bonds is 8. The number of furan rings is 1. The number of carboxylic acids is 1. The van der Waals surface area contributed by atoms with E-state index in [1.54, 1.807) is 0 Å². The lowest BCUT2D eigenvalue weighted by molar-refractivity contribution is -0.140. The topological polar surface area (TPSA) is 138 Å². The smallest absolute Gasteiger partial charge is 0.407 e. The Bertz CT molecular complexity index is 1140. The summed E-state index contributed by atoms with van der Waals surface area (Å²) in [5.41, 5.74) is 4.48. The maximum Gasteiger partial charge on any atom is 0.407 e. The van der Waals surface area contributed by atoms with Crippen LogP contribution in [0.2, 0.25) is 0 Å². The Labute approximate surface area is 189 Å². The molecule has 33 heavy (non-hydrogen) atoms. The van der Waals surface area contributed by atoms with Crippen molar-refractivity contribution < 1.29 is 33.8 Å². The maximum atomic E-state index is 12.2. The van der Waals surface area contributed by atoms with E-state index in [9.17, 15) is 14.4 Å². The molecule has 4 rings (SSSR count). The highest BCUT2D eigenvalue weighted by molar-refractivity contribution is 5.94. The second-order valence-corrected chi connectivity index (χ2v) is 7.49. The lowest BCUT2D eigenvalue weighted by atomic mass is 9.98. The molecule has 0 radical (unpaired) electrons. The average Bonchev–Trinajstić information content (AvgIpc) is 3.42. The van der Waals surface area contributed by atoms with Crippen LogP contribution in [0.1, 0.15) is 33.4 Å². The molecule has 0 saturated carbocycles. The number of carbonyl (C=O) groups is 3. The van der Waals surface area contributed by atoms with E-state index >= 15 is 0 Å². The first-order valence-electron chi connectivity index (χ1n) is 10.3. The van der Waals surface area contributed by atoms with E-state index in [0.29, 0.717) is 0 Å². The van der Waals surface area contributed by atoms with E-state index in [4.69, 9.17) is 19.4 Å². The van der Waals surface area contributed by atoms with Gasteiger partial charge < -0.3 is 30.0 Å². The van der Waals surface area contributed by atoms with Gasteiger partial charge in [-0.3, -0.25) is 4.79 Å². The lowest BCUT2D eigenvalue weighted by Crippen LogP contribution is -2.43. The summed E-state index contributed by atoms with van der Waals surface area (Å²) >= 11 is 0. The first-order chi connectivity index (χ1) is 16.0. The average molecular weight is 450 g/mol. The lowest BCUT2D eigenvalue weighted by Gasteiger charge is -2.14. The molecular formula is C24H22N2O7. The molecule has 1 aromatic heterocycles. The van der Waals surface area contributed by atoms with Crippen molar-refractivity contribution in [3.63, 3.8) is 0 Å². The van der Waals surface area contributed by atoms with Gasteiger partial charge in [-0.2, -0.15) is 0 Å². The summed E-state index contributed by atoms with van der Waals surface area (Å²) in [5.74, 6) is -2.07. The zero-order valence-corrected chi connectivity index (χ0v) is 17.5. The van der Waals surface area contributed by atoms with Gasteiger partial charge in [-0.1, -0.05) is 48.5 Å². The van der Waals surface area contributed by atoms with Crippen LogP contribution < -0.4 is 10.6 Å². The number of hydrogen-bond acceptors (Lipinski definition) is 6. The summed E-state index contributed by atoms with van der Waals surface area (Å²) < 4.78 is 10.8. The van der Waals surface area contributed by atoms with Crippen molar-refractivity contribution in [3.05, 3.63) is 83.3 Å². The number of aliphatic hydroxyl groups is 1. The summed E-state index contributed by atoms with van der Waals surface area (Å²) in [7, 11) is 0. The van der Waals surface area contributed by atoms with Gasteiger partial charge in [-0.05, 0) is 34.4 Å². The molecule has 0 fully saturated rings. The van der Waals surface area contributed by atoms with Crippen molar-refractivity contribution in [1.29, 1.82) is 0 Å². The van der Waals surface area contributed by atoms with E-state index in [2.05, 4.69) is 22.8 Å². The molecule has 4 N–H and O–H groups in total. The molecule has 0 bridgehead atoms. The molecule has 1 atom stereocenters. The first kappa shape index (κ1) is 22.1. The van der Waals surface area contributed by atoms with E-state index in [0.717, 1.165) is 22.3 Å². The van der Waals surface area contributed by atoms with Gasteiger partial charge in [-0.15, -0.1) is 0 Å². The van der Waals surface area contributed by atoms with E-state index in [-0.39, 0.29) is 30.6 Å². The Hall–Kier alpha value is -4.11. The van der Waals surface area contributed by atoms with Gasteiger partial charge >= 0.3 is 12.1 Å². The number of nitrogens with one attached hydrogen (secondary N) is 2. The molecule has 0 saturated heterocycles. The molecule has 9 heteroatoms. The molecule has 0 unspecified atom stereocenters. The summed E-state index contributed by atoms with van der Waals surface area (Å²) in [6.07, 6.45) is -0.634. The standard InChI is InChI=1S/C24H22N2O7/c27-12-20(23(29)30)26-22(28)21-10-9-14(33-21)11-25-24(31)32-13-19-17-7-3-1-5-15(17)16-6-2-4-8-18(16)19/h1-10,19-20,27H,11-13H2,(H,25,31)(H,26,28)(H,29,30)/t20-/m1/s1. The van der Waals surface area contributed by atoms with Crippen molar-refractivity contribution in [3.8, 4) is 11.1 Å². The minimum absolute atomic E-state index is 0.0215. The maximum absolute atomic E-state index is 12.2. The van der Waals surface area contributed by atoms with Crippen LogP contribution in [0.3, 0.4) is 0 Å². The van der Waals surface area contributed by atoms with E-state index < -0.39 is 30.6 Å². The number of ether oxygens (including phenoxy) is 1. The zero-order chi connectivity index (χ0) is 23.4. The number of fused-ring (bicyclic) bond motifs is 3. The van der Waals surface area contributed by atoms with Crippen molar-refractivity contribution in [2.45, 2.75) is 18.5 Å². The zero-order valence-electron chi connectivity index (χ0n) is 17.5. The van der Waals surface area contributed by atoms with Crippen LogP contribution >= 0.6 is 0 Å². The Morgan fingerprint density at radius 1 is 0.970 bits per heavy atom. The van der Waals surface area contributed by atoms with Gasteiger partial charge in [0.15, 0.2) is 11.8 Å². The first-order valence-corrected chi connectivity index (χ1v) is 10.3. The normalized spacial score (nSPS) is 13.0. The quantitative estimate of drug-likeness (QED) is 0.414. The Morgan fingerprint density at radius 3 is 2.21 bits per heavy atom. The number of amides is 2. The number of alkyl carbamates (subject to hydrolysis) is 1. The molecule has 1 heterocycles. The van der Waals surface area contributed by atoms with Crippen LogP contribution in [0, 0.1) is 0 Å². The third-order valence-corrected chi connectivity index (χ3v) is 5.42. The van der Waals surface area contributed by atoms with Crippen LogP contribution in [-0.2, 0) is 16.1 Å². The molecule has 1 aliphatic rings. The Balaban J connectivity index is 1.31. The number of aliphatic carboxylic acids is 1. The predicted octanol–water partition coefficient (Wildman–Crippen LogP) is 2.49. The minimum atomic E-state index is -1.44. The second-order valence-electron chi connectivity index (χ2n) is 7.49. The van der Waals surface area contributed by atoms with Crippen molar-refractivity contribution in [2.75, 3.05) is 13.2 Å².